The molecule has 1 atom stereocenters. The molecule has 4 heteroatoms. The second-order valence-electron chi connectivity index (χ2n) is 14.2. The molecule has 0 rings (SSSR count). The van der Waals surface area contributed by atoms with E-state index in [0.29, 0.717) is 6.42 Å². The highest BCUT2D eigenvalue weighted by Crippen LogP contribution is 2.19. The van der Waals surface area contributed by atoms with Crippen molar-refractivity contribution in [1.29, 1.82) is 0 Å². The van der Waals surface area contributed by atoms with Crippen LogP contribution in [0.1, 0.15) is 232 Å². The van der Waals surface area contributed by atoms with Crippen LogP contribution in [0, 0.1) is 0 Å². The maximum absolute atomic E-state index is 12.7. The third-order valence-corrected chi connectivity index (χ3v) is 9.43. The Morgan fingerprint density at radius 3 is 1.28 bits per heavy atom. The van der Waals surface area contributed by atoms with E-state index in [4.69, 9.17) is 9.84 Å². The zero-order valence-corrected chi connectivity index (χ0v) is 31.6. The van der Waals surface area contributed by atoms with Crippen LogP contribution in [-0.4, -0.2) is 23.1 Å². The Balaban J connectivity index is 4.04. The van der Waals surface area contributed by atoms with Gasteiger partial charge in [-0.3, -0.25) is 9.59 Å². The lowest BCUT2D eigenvalue weighted by atomic mass is 10.0. The number of allylic oxidation sites excluding steroid dienone is 4. The van der Waals surface area contributed by atoms with Crippen molar-refractivity contribution in [3.63, 3.8) is 0 Å². The van der Waals surface area contributed by atoms with Crippen LogP contribution in [0.3, 0.4) is 0 Å². The van der Waals surface area contributed by atoms with Gasteiger partial charge in [-0.15, -0.1) is 0 Å². The predicted molar refractivity (Wildman–Crippen MR) is 204 cm³/mol. The normalized spacial score (nSPS) is 12.4. The summed E-state index contributed by atoms with van der Waals surface area (Å²) in [6.45, 7) is 4.54. The molecule has 1 unspecified atom stereocenters. The predicted octanol–water partition coefficient (Wildman–Crippen LogP) is 14.4. The molecule has 0 aliphatic carbocycles. The molecular weight excluding hydrogens is 580 g/mol. The number of hydrogen-bond donors (Lipinski definition) is 1. The first-order chi connectivity index (χ1) is 23.1. The SMILES string of the molecule is CCCCCC/C=C\C/C=C\CCCCCCCC(=O)OC(CCCCCCCCCCCCCCC)CCCCCCCC(=O)O. The lowest BCUT2D eigenvalue weighted by Gasteiger charge is -2.18. The van der Waals surface area contributed by atoms with E-state index >= 15 is 0 Å². The second-order valence-corrected chi connectivity index (χ2v) is 14.2. The fraction of sp³-hybridized carbons (Fsp3) is 0.860. The smallest absolute Gasteiger partial charge is 0.306 e. The fourth-order valence-corrected chi connectivity index (χ4v) is 6.33. The number of unbranched alkanes of at least 4 members (excludes halogenated alkanes) is 25. The van der Waals surface area contributed by atoms with Crippen molar-refractivity contribution in [2.75, 3.05) is 0 Å². The van der Waals surface area contributed by atoms with Gasteiger partial charge in [0.2, 0.25) is 0 Å². The highest BCUT2D eigenvalue weighted by Gasteiger charge is 2.14. The second kappa shape index (κ2) is 38.9. The van der Waals surface area contributed by atoms with Crippen LogP contribution >= 0.6 is 0 Å². The molecule has 47 heavy (non-hydrogen) atoms. The highest BCUT2D eigenvalue weighted by atomic mass is 16.5. The van der Waals surface area contributed by atoms with Gasteiger partial charge in [0.25, 0.3) is 0 Å². The summed E-state index contributed by atoms with van der Waals surface area (Å²) < 4.78 is 6.01. The summed E-state index contributed by atoms with van der Waals surface area (Å²) in [5.41, 5.74) is 0. The Kier molecular flexibility index (Phi) is 37.6. The van der Waals surface area contributed by atoms with Gasteiger partial charge in [0.05, 0.1) is 0 Å². The Morgan fingerprint density at radius 1 is 0.468 bits per heavy atom. The molecule has 0 fully saturated rings. The average molecular weight is 661 g/mol. The molecule has 0 aliphatic heterocycles. The molecule has 0 heterocycles. The van der Waals surface area contributed by atoms with Crippen LogP contribution in [0.5, 0.6) is 0 Å². The monoisotopic (exact) mass is 661 g/mol. The molecule has 0 bridgehead atoms. The molecule has 1 N–H and O–H groups in total. The molecule has 0 amide bonds. The molecule has 0 spiro atoms. The highest BCUT2D eigenvalue weighted by molar-refractivity contribution is 5.69. The quantitative estimate of drug-likeness (QED) is 0.0407. The van der Waals surface area contributed by atoms with Gasteiger partial charge in [-0.2, -0.15) is 0 Å². The molecule has 0 saturated carbocycles. The first kappa shape index (κ1) is 45.4. The largest absolute Gasteiger partial charge is 0.481 e. The molecule has 0 aliphatic rings. The first-order valence-electron chi connectivity index (χ1n) is 20.8. The summed E-state index contributed by atoms with van der Waals surface area (Å²) >= 11 is 0. The summed E-state index contributed by atoms with van der Waals surface area (Å²) in [4.78, 5) is 23.4. The van der Waals surface area contributed by atoms with Crippen LogP contribution in [0.15, 0.2) is 24.3 Å². The molecule has 0 aromatic carbocycles. The third-order valence-electron chi connectivity index (χ3n) is 9.43. The van der Waals surface area contributed by atoms with E-state index in [1.165, 1.54) is 128 Å². The molecule has 4 nitrogen and oxygen atoms in total. The van der Waals surface area contributed by atoms with Crippen LogP contribution in [-0.2, 0) is 14.3 Å². The van der Waals surface area contributed by atoms with Gasteiger partial charge in [0.15, 0.2) is 0 Å². The summed E-state index contributed by atoms with van der Waals surface area (Å²) in [6.07, 6.45) is 49.1. The van der Waals surface area contributed by atoms with Gasteiger partial charge in [-0.1, -0.05) is 173 Å². The van der Waals surface area contributed by atoms with Crippen molar-refractivity contribution in [3.05, 3.63) is 24.3 Å². The van der Waals surface area contributed by atoms with Crippen molar-refractivity contribution >= 4 is 11.9 Å². The Morgan fingerprint density at radius 2 is 0.830 bits per heavy atom. The standard InChI is InChI=1S/C43H80O4/c1-3-5-7-9-11-13-15-17-18-19-21-23-25-27-32-36-40-43(46)47-41(38-34-30-28-31-35-39-42(44)45)37-33-29-26-24-22-20-16-14-12-10-8-6-4-2/h13,15,18-19,41H,3-12,14,16-17,20-40H2,1-2H3,(H,44,45)/b15-13-,19-18-. The number of rotatable bonds is 38. The Bertz CT molecular complexity index is 713. The van der Waals surface area contributed by atoms with Crippen LogP contribution in [0.4, 0.5) is 0 Å². The maximum Gasteiger partial charge on any atom is 0.306 e. The minimum Gasteiger partial charge on any atom is -0.481 e. The molecule has 0 aromatic rings. The van der Waals surface area contributed by atoms with Gasteiger partial charge in [0, 0.05) is 12.8 Å². The minimum absolute atomic E-state index is 0.00694. The molecule has 276 valence electrons. The van der Waals surface area contributed by atoms with Crippen molar-refractivity contribution in [3.8, 4) is 0 Å². The van der Waals surface area contributed by atoms with Crippen molar-refractivity contribution in [1.82, 2.24) is 0 Å². The van der Waals surface area contributed by atoms with E-state index in [0.717, 1.165) is 77.0 Å². The van der Waals surface area contributed by atoms with Crippen LogP contribution in [0.25, 0.3) is 0 Å². The average Bonchev–Trinajstić information content (AvgIpc) is 3.05. The van der Waals surface area contributed by atoms with E-state index in [-0.39, 0.29) is 18.5 Å². The summed E-state index contributed by atoms with van der Waals surface area (Å²) in [6, 6.07) is 0. The number of carbonyl (C=O) groups is 2. The molecule has 0 aromatic heterocycles. The van der Waals surface area contributed by atoms with E-state index in [2.05, 4.69) is 38.2 Å². The number of hydrogen-bond acceptors (Lipinski definition) is 3. The number of carboxylic acid groups (broad SMARTS) is 1. The van der Waals surface area contributed by atoms with Crippen molar-refractivity contribution < 1.29 is 19.4 Å². The maximum atomic E-state index is 12.7. The number of carboxylic acids is 1. The zero-order chi connectivity index (χ0) is 34.3. The van der Waals surface area contributed by atoms with E-state index in [1.807, 2.05) is 0 Å². The van der Waals surface area contributed by atoms with Crippen LogP contribution in [0.2, 0.25) is 0 Å². The van der Waals surface area contributed by atoms with E-state index < -0.39 is 5.97 Å². The first-order valence-corrected chi connectivity index (χ1v) is 20.8. The molecule has 0 radical (unpaired) electrons. The number of esters is 1. The van der Waals surface area contributed by atoms with Crippen LogP contribution < -0.4 is 0 Å². The molecule has 0 saturated heterocycles. The van der Waals surface area contributed by atoms with Gasteiger partial charge in [-0.25, -0.2) is 0 Å². The Labute approximate surface area is 293 Å². The zero-order valence-electron chi connectivity index (χ0n) is 31.6. The summed E-state index contributed by atoms with van der Waals surface area (Å²) in [5.74, 6) is -0.707. The topological polar surface area (TPSA) is 63.6 Å². The lowest BCUT2D eigenvalue weighted by Crippen LogP contribution is -2.18. The van der Waals surface area contributed by atoms with E-state index in [1.54, 1.807) is 0 Å². The summed E-state index contributed by atoms with van der Waals surface area (Å²) in [5, 5.41) is 8.83. The number of carbonyl (C=O) groups excluding carboxylic acids is 1. The summed E-state index contributed by atoms with van der Waals surface area (Å²) in [7, 11) is 0. The Hall–Kier alpha value is -1.58. The van der Waals surface area contributed by atoms with Crippen molar-refractivity contribution in [2.45, 2.75) is 238 Å². The lowest BCUT2D eigenvalue weighted by molar-refractivity contribution is -0.150. The van der Waals surface area contributed by atoms with E-state index in [9.17, 15) is 9.59 Å². The minimum atomic E-state index is -0.700. The van der Waals surface area contributed by atoms with Gasteiger partial charge >= 0.3 is 11.9 Å². The fourth-order valence-electron chi connectivity index (χ4n) is 6.33. The van der Waals surface area contributed by atoms with Gasteiger partial charge < -0.3 is 9.84 Å². The van der Waals surface area contributed by atoms with Gasteiger partial charge in [0.1, 0.15) is 6.10 Å². The number of aliphatic carboxylic acids is 1. The number of ether oxygens (including phenoxy) is 1. The molecular formula is C43H80O4. The third kappa shape index (κ3) is 38.7. The van der Waals surface area contributed by atoms with Gasteiger partial charge in [-0.05, 0) is 70.6 Å². The van der Waals surface area contributed by atoms with Crippen molar-refractivity contribution in [2.24, 2.45) is 0 Å².